The zero-order valence-electron chi connectivity index (χ0n) is 8.88. The highest BCUT2D eigenvalue weighted by atomic mass is 35.5. The molecule has 0 atom stereocenters. The minimum absolute atomic E-state index is 0. The Labute approximate surface area is 103 Å². The Hall–Kier alpha value is -1.60. The number of rotatable bonds is 3. The average molecular weight is 258 g/mol. The van der Waals surface area contributed by atoms with E-state index in [0.29, 0.717) is 29.6 Å². The van der Waals surface area contributed by atoms with Gasteiger partial charge in [0.15, 0.2) is 0 Å². The van der Waals surface area contributed by atoms with E-state index in [1.807, 2.05) is 5.01 Å². The van der Waals surface area contributed by atoms with Gasteiger partial charge in [-0.05, 0) is 12.8 Å². The normalized spacial score (nSPS) is 19.4. The van der Waals surface area contributed by atoms with Gasteiger partial charge in [0, 0.05) is 12.6 Å². The van der Waals surface area contributed by atoms with E-state index in [4.69, 9.17) is 5.11 Å². The van der Waals surface area contributed by atoms with Crippen LogP contribution in [0.25, 0.3) is 5.70 Å². The Balaban J connectivity index is 0.00000108. The zero-order valence-corrected chi connectivity index (χ0v) is 9.70. The van der Waals surface area contributed by atoms with Gasteiger partial charge < -0.3 is 10.1 Å². The first-order chi connectivity index (χ1) is 7.77. The highest BCUT2D eigenvalue weighted by Gasteiger charge is 2.38. The lowest BCUT2D eigenvalue weighted by atomic mass is 10.2. The number of carboxylic acids is 1. The number of carbonyl (C=O) groups is 1. The van der Waals surface area contributed by atoms with Crippen LogP contribution in [0, 0.1) is 0 Å². The Morgan fingerprint density at radius 1 is 1.53 bits per heavy atom. The summed E-state index contributed by atoms with van der Waals surface area (Å²) in [6.07, 6.45) is 3.78. The fraction of sp³-hybridized carbons (Fsp3) is 0.444. The summed E-state index contributed by atoms with van der Waals surface area (Å²) in [5.41, 5.74) is 4.65. The van der Waals surface area contributed by atoms with Crippen LogP contribution in [0.1, 0.15) is 18.5 Å². The topological polar surface area (TPSA) is 94.1 Å². The fourth-order valence-electron chi connectivity index (χ4n) is 1.89. The summed E-state index contributed by atoms with van der Waals surface area (Å²) in [6.45, 7) is 0.341. The van der Waals surface area contributed by atoms with Crippen molar-refractivity contribution in [2.45, 2.75) is 18.9 Å². The van der Waals surface area contributed by atoms with Gasteiger partial charge in [0.1, 0.15) is 5.69 Å². The average Bonchev–Trinajstić information content (AvgIpc) is 2.82. The first kappa shape index (κ1) is 11.9. The molecule has 0 saturated heterocycles. The standard InChI is InChI=1S/C9H11N5O2.ClH/c15-9(16)6-3-11-14(5-1-2-5)8(6)7-4-10-13-12-7;/h4-5,11H,1-3H2,(H,15,16)(H,10,12,13);1H. The summed E-state index contributed by atoms with van der Waals surface area (Å²) in [5, 5.41) is 21.1. The summed E-state index contributed by atoms with van der Waals surface area (Å²) in [5.74, 6) is -0.909. The van der Waals surface area contributed by atoms with Crippen molar-refractivity contribution in [1.82, 2.24) is 25.8 Å². The highest BCUT2D eigenvalue weighted by molar-refractivity contribution is 5.97. The van der Waals surface area contributed by atoms with E-state index in [9.17, 15) is 4.79 Å². The summed E-state index contributed by atoms with van der Waals surface area (Å²) in [7, 11) is 0. The van der Waals surface area contributed by atoms with Crippen LogP contribution in [0.3, 0.4) is 0 Å². The number of carboxylic acid groups (broad SMARTS) is 1. The number of hydrazine groups is 1. The first-order valence-corrected chi connectivity index (χ1v) is 5.13. The molecule has 1 aromatic rings. The summed E-state index contributed by atoms with van der Waals surface area (Å²) >= 11 is 0. The molecule has 92 valence electrons. The van der Waals surface area contributed by atoms with Crippen molar-refractivity contribution in [2.24, 2.45) is 0 Å². The predicted molar refractivity (Wildman–Crippen MR) is 61.1 cm³/mol. The van der Waals surface area contributed by atoms with Crippen molar-refractivity contribution in [3.05, 3.63) is 17.5 Å². The Morgan fingerprint density at radius 2 is 2.29 bits per heavy atom. The molecule has 0 spiro atoms. The monoisotopic (exact) mass is 257 g/mol. The van der Waals surface area contributed by atoms with Gasteiger partial charge in [0.2, 0.25) is 0 Å². The lowest BCUT2D eigenvalue weighted by Crippen LogP contribution is -2.33. The maximum Gasteiger partial charge on any atom is 0.335 e. The third-order valence-corrected chi connectivity index (χ3v) is 2.78. The molecule has 0 unspecified atom stereocenters. The fourth-order valence-corrected chi connectivity index (χ4v) is 1.89. The van der Waals surface area contributed by atoms with E-state index < -0.39 is 5.97 Å². The van der Waals surface area contributed by atoms with Crippen LogP contribution in [-0.4, -0.2) is 44.1 Å². The molecule has 17 heavy (non-hydrogen) atoms. The molecule has 1 saturated carbocycles. The summed E-state index contributed by atoms with van der Waals surface area (Å²) in [6, 6.07) is 0.392. The van der Waals surface area contributed by atoms with E-state index in [1.165, 1.54) is 0 Å². The Kier molecular flexibility index (Phi) is 3.03. The van der Waals surface area contributed by atoms with Crippen molar-refractivity contribution in [3.63, 3.8) is 0 Å². The predicted octanol–water partition coefficient (Wildman–Crippen LogP) is 0.00480. The molecule has 0 amide bonds. The van der Waals surface area contributed by atoms with Crippen molar-refractivity contribution in [2.75, 3.05) is 6.54 Å². The number of aromatic nitrogens is 3. The minimum atomic E-state index is -0.909. The number of hydrogen-bond acceptors (Lipinski definition) is 5. The quantitative estimate of drug-likeness (QED) is 0.706. The lowest BCUT2D eigenvalue weighted by molar-refractivity contribution is -0.132. The lowest BCUT2D eigenvalue weighted by Gasteiger charge is -2.20. The number of hydrogen-bond donors (Lipinski definition) is 3. The molecule has 0 bridgehead atoms. The van der Waals surface area contributed by atoms with Crippen LogP contribution in [0.5, 0.6) is 0 Å². The third kappa shape index (κ3) is 1.98. The van der Waals surface area contributed by atoms with Crippen LogP contribution in [0.2, 0.25) is 0 Å². The number of nitrogens with one attached hydrogen (secondary N) is 2. The van der Waals surface area contributed by atoms with Crippen LogP contribution in [0.4, 0.5) is 0 Å². The van der Waals surface area contributed by atoms with Crippen molar-refractivity contribution in [3.8, 4) is 0 Å². The van der Waals surface area contributed by atoms with E-state index in [-0.39, 0.29) is 12.4 Å². The highest BCUT2D eigenvalue weighted by Crippen LogP contribution is 2.35. The molecule has 1 aliphatic heterocycles. The molecule has 0 radical (unpaired) electrons. The molecular weight excluding hydrogens is 246 g/mol. The number of aliphatic carboxylic acids is 1. The molecule has 7 nitrogen and oxygen atoms in total. The van der Waals surface area contributed by atoms with E-state index in [0.717, 1.165) is 12.8 Å². The van der Waals surface area contributed by atoms with Crippen molar-refractivity contribution in [1.29, 1.82) is 0 Å². The van der Waals surface area contributed by atoms with Crippen LogP contribution in [-0.2, 0) is 4.79 Å². The molecule has 0 aromatic carbocycles. The number of H-pyrrole nitrogens is 1. The maximum absolute atomic E-state index is 11.1. The summed E-state index contributed by atoms with van der Waals surface area (Å²) < 4.78 is 0. The van der Waals surface area contributed by atoms with Gasteiger partial charge in [0.25, 0.3) is 0 Å². The second-order valence-electron chi connectivity index (χ2n) is 3.93. The van der Waals surface area contributed by atoms with Crippen molar-refractivity contribution >= 4 is 24.1 Å². The minimum Gasteiger partial charge on any atom is -0.478 e. The van der Waals surface area contributed by atoms with Crippen LogP contribution >= 0.6 is 12.4 Å². The molecule has 3 rings (SSSR count). The Bertz CT molecular complexity index is 454. The van der Waals surface area contributed by atoms with Gasteiger partial charge in [-0.15, -0.1) is 17.5 Å². The molecular formula is C9H12ClN5O2. The maximum atomic E-state index is 11.1. The van der Waals surface area contributed by atoms with Gasteiger partial charge in [-0.3, -0.25) is 5.10 Å². The smallest absolute Gasteiger partial charge is 0.335 e. The molecule has 2 aliphatic rings. The van der Waals surface area contributed by atoms with Crippen LogP contribution in [0.15, 0.2) is 11.8 Å². The van der Waals surface area contributed by atoms with Gasteiger partial charge in [-0.25, -0.2) is 10.2 Å². The second-order valence-corrected chi connectivity index (χ2v) is 3.93. The zero-order chi connectivity index (χ0) is 11.1. The summed E-state index contributed by atoms with van der Waals surface area (Å²) in [4.78, 5) is 11.1. The third-order valence-electron chi connectivity index (χ3n) is 2.78. The van der Waals surface area contributed by atoms with Gasteiger partial charge in [-0.1, -0.05) is 5.21 Å². The molecule has 1 fully saturated rings. The first-order valence-electron chi connectivity index (χ1n) is 5.13. The molecule has 3 N–H and O–H groups in total. The number of aromatic amines is 1. The SMILES string of the molecule is Cl.O=C(O)C1=C(c2c[nH]nn2)N(C2CC2)NC1. The molecule has 1 aromatic heterocycles. The second kappa shape index (κ2) is 4.34. The van der Waals surface area contributed by atoms with E-state index in [1.54, 1.807) is 6.20 Å². The van der Waals surface area contributed by atoms with E-state index in [2.05, 4.69) is 20.8 Å². The number of nitrogens with zero attached hydrogens (tertiary/aromatic N) is 3. The molecule has 2 heterocycles. The van der Waals surface area contributed by atoms with Crippen molar-refractivity contribution < 1.29 is 9.90 Å². The van der Waals surface area contributed by atoms with Gasteiger partial charge in [0.05, 0.1) is 17.5 Å². The molecule has 1 aliphatic carbocycles. The van der Waals surface area contributed by atoms with Gasteiger partial charge in [-0.2, -0.15) is 0 Å². The van der Waals surface area contributed by atoms with Gasteiger partial charge >= 0.3 is 5.97 Å². The Morgan fingerprint density at radius 3 is 2.82 bits per heavy atom. The number of halogens is 1. The largest absolute Gasteiger partial charge is 0.478 e. The van der Waals surface area contributed by atoms with E-state index >= 15 is 0 Å². The molecule has 8 heteroatoms. The van der Waals surface area contributed by atoms with Crippen LogP contribution < -0.4 is 5.43 Å².